The molecule has 1 atom stereocenters. The fourth-order valence-corrected chi connectivity index (χ4v) is 2.37. The van der Waals surface area contributed by atoms with Gasteiger partial charge >= 0.3 is 6.18 Å². The first-order valence-electron chi connectivity index (χ1n) is 6.01. The number of hydrogen-bond donors (Lipinski definition) is 1. The second kappa shape index (κ2) is 5.77. The maximum atomic E-state index is 13.5. The standard InChI is InChI=1S/C15H11BrF4O/c1-8-2-3-10(7-13(8)17)14(21)9-4-5-12(16)11(6-9)15(18,19)20/h2-7,14,21H,1H3. The van der Waals surface area contributed by atoms with Crippen LogP contribution in [-0.4, -0.2) is 5.11 Å². The molecule has 0 bridgehead atoms. The van der Waals surface area contributed by atoms with E-state index in [1.807, 2.05) is 0 Å². The number of halogens is 5. The molecule has 0 aliphatic carbocycles. The monoisotopic (exact) mass is 362 g/mol. The predicted molar refractivity (Wildman–Crippen MR) is 74.3 cm³/mol. The second-order valence-corrected chi connectivity index (χ2v) is 5.50. The van der Waals surface area contributed by atoms with Gasteiger partial charge in [-0.2, -0.15) is 13.2 Å². The first-order valence-corrected chi connectivity index (χ1v) is 6.80. The third kappa shape index (κ3) is 3.44. The first-order chi connectivity index (χ1) is 9.70. The molecule has 0 saturated carbocycles. The van der Waals surface area contributed by atoms with Crippen LogP contribution in [0.1, 0.15) is 28.4 Å². The van der Waals surface area contributed by atoms with Gasteiger partial charge in [0.1, 0.15) is 11.9 Å². The Balaban J connectivity index is 2.44. The lowest BCUT2D eigenvalue weighted by Crippen LogP contribution is -2.09. The molecular weight excluding hydrogens is 352 g/mol. The zero-order valence-corrected chi connectivity index (χ0v) is 12.5. The van der Waals surface area contributed by atoms with Crippen LogP contribution in [0, 0.1) is 12.7 Å². The maximum absolute atomic E-state index is 13.5. The lowest BCUT2D eigenvalue weighted by Gasteiger charge is -2.16. The highest BCUT2D eigenvalue weighted by molar-refractivity contribution is 9.10. The van der Waals surface area contributed by atoms with E-state index in [1.165, 1.54) is 24.3 Å². The average Bonchev–Trinajstić information content (AvgIpc) is 2.40. The Morgan fingerprint density at radius 1 is 1.05 bits per heavy atom. The summed E-state index contributed by atoms with van der Waals surface area (Å²) in [6.07, 6.45) is -5.86. The van der Waals surface area contributed by atoms with Crippen molar-refractivity contribution in [1.82, 2.24) is 0 Å². The average molecular weight is 363 g/mol. The number of aliphatic hydroxyl groups is 1. The van der Waals surface area contributed by atoms with Crippen LogP contribution in [0.5, 0.6) is 0 Å². The molecular formula is C15H11BrF4O. The van der Waals surface area contributed by atoms with Crippen molar-refractivity contribution in [3.8, 4) is 0 Å². The molecule has 0 radical (unpaired) electrons. The number of rotatable bonds is 2. The van der Waals surface area contributed by atoms with Gasteiger partial charge in [0.15, 0.2) is 0 Å². The van der Waals surface area contributed by atoms with Crippen LogP contribution in [0.4, 0.5) is 17.6 Å². The molecule has 2 aromatic carbocycles. The van der Waals surface area contributed by atoms with E-state index in [2.05, 4.69) is 15.9 Å². The molecule has 0 spiro atoms. The number of hydrogen-bond acceptors (Lipinski definition) is 1. The lowest BCUT2D eigenvalue weighted by atomic mass is 9.98. The number of alkyl halides is 3. The van der Waals surface area contributed by atoms with Gasteiger partial charge in [-0.3, -0.25) is 0 Å². The summed E-state index contributed by atoms with van der Waals surface area (Å²) in [6.45, 7) is 1.56. The smallest absolute Gasteiger partial charge is 0.384 e. The molecule has 1 unspecified atom stereocenters. The first kappa shape index (κ1) is 16.0. The summed E-state index contributed by atoms with van der Waals surface area (Å²) in [6, 6.07) is 7.51. The van der Waals surface area contributed by atoms with E-state index in [0.29, 0.717) is 5.56 Å². The zero-order valence-electron chi connectivity index (χ0n) is 10.9. The van der Waals surface area contributed by atoms with Gasteiger partial charge in [-0.25, -0.2) is 4.39 Å². The molecule has 0 heterocycles. The molecule has 2 aromatic rings. The molecule has 1 nitrogen and oxygen atoms in total. The number of aryl methyl sites for hydroxylation is 1. The van der Waals surface area contributed by atoms with Crippen molar-refractivity contribution in [2.45, 2.75) is 19.2 Å². The van der Waals surface area contributed by atoms with Crippen LogP contribution in [0.2, 0.25) is 0 Å². The summed E-state index contributed by atoms with van der Waals surface area (Å²) in [5.41, 5.74) is -0.230. The molecule has 6 heteroatoms. The van der Waals surface area contributed by atoms with Gasteiger partial charge in [-0.15, -0.1) is 0 Å². The number of benzene rings is 2. The maximum Gasteiger partial charge on any atom is 0.417 e. The Morgan fingerprint density at radius 2 is 1.62 bits per heavy atom. The Labute approximate surface area is 127 Å². The van der Waals surface area contributed by atoms with Crippen LogP contribution in [0.25, 0.3) is 0 Å². The van der Waals surface area contributed by atoms with Gasteiger partial charge in [-0.1, -0.05) is 34.1 Å². The molecule has 0 saturated heterocycles. The van der Waals surface area contributed by atoms with Crippen molar-refractivity contribution < 1.29 is 22.7 Å². The quantitative estimate of drug-likeness (QED) is 0.745. The fourth-order valence-electron chi connectivity index (χ4n) is 1.90. The topological polar surface area (TPSA) is 20.2 Å². The van der Waals surface area contributed by atoms with Crippen molar-refractivity contribution in [3.05, 3.63) is 68.9 Å². The minimum atomic E-state index is -4.53. The summed E-state index contributed by atoms with van der Waals surface area (Å²) < 4.78 is 51.9. The summed E-state index contributed by atoms with van der Waals surface area (Å²) in [4.78, 5) is 0. The lowest BCUT2D eigenvalue weighted by molar-refractivity contribution is -0.138. The van der Waals surface area contributed by atoms with Crippen LogP contribution < -0.4 is 0 Å². The van der Waals surface area contributed by atoms with Gasteiger partial charge in [0.05, 0.1) is 5.56 Å². The van der Waals surface area contributed by atoms with E-state index in [0.717, 1.165) is 12.1 Å². The third-order valence-electron chi connectivity index (χ3n) is 3.12. The molecule has 0 fully saturated rings. The van der Waals surface area contributed by atoms with E-state index in [1.54, 1.807) is 6.92 Å². The Morgan fingerprint density at radius 3 is 2.19 bits per heavy atom. The zero-order chi connectivity index (χ0) is 15.8. The molecule has 21 heavy (non-hydrogen) atoms. The largest absolute Gasteiger partial charge is 0.417 e. The van der Waals surface area contributed by atoms with Gasteiger partial charge in [0, 0.05) is 4.47 Å². The Kier molecular flexibility index (Phi) is 4.39. The molecule has 0 aliphatic heterocycles. The minimum absolute atomic E-state index is 0.0498. The van der Waals surface area contributed by atoms with Crippen LogP contribution >= 0.6 is 15.9 Å². The highest BCUT2D eigenvalue weighted by atomic mass is 79.9. The summed E-state index contributed by atoms with van der Waals surface area (Å²) in [5, 5.41) is 10.1. The molecule has 0 aromatic heterocycles. The van der Waals surface area contributed by atoms with E-state index in [9.17, 15) is 22.7 Å². The van der Waals surface area contributed by atoms with Crippen molar-refractivity contribution in [2.24, 2.45) is 0 Å². The van der Waals surface area contributed by atoms with E-state index in [-0.39, 0.29) is 15.6 Å². The fraction of sp³-hybridized carbons (Fsp3) is 0.200. The molecule has 112 valence electrons. The van der Waals surface area contributed by atoms with E-state index < -0.39 is 23.7 Å². The van der Waals surface area contributed by atoms with Crippen molar-refractivity contribution in [2.75, 3.05) is 0 Å². The highest BCUT2D eigenvalue weighted by Crippen LogP contribution is 2.37. The van der Waals surface area contributed by atoms with Crippen LogP contribution in [0.15, 0.2) is 40.9 Å². The summed E-state index contributed by atoms with van der Waals surface area (Å²) >= 11 is 2.83. The van der Waals surface area contributed by atoms with Gasteiger partial charge in [0.25, 0.3) is 0 Å². The SMILES string of the molecule is Cc1ccc(C(O)c2ccc(Br)c(C(F)(F)F)c2)cc1F. The van der Waals surface area contributed by atoms with Crippen molar-refractivity contribution in [1.29, 1.82) is 0 Å². The van der Waals surface area contributed by atoms with Gasteiger partial charge in [0.2, 0.25) is 0 Å². The molecule has 0 aliphatic rings. The van der Waals surface area contributed by atoms with Crippen molar-refractivity contribution >= 4 is 15.9 Å². The van der Waals surface area contributed by atoms with E-state index in [4.69, 9.17) is 0 Å². The Bertz CT molecular complexity index is 667. The minimum Gasteiger partial charge on any atom is -0.384 e. The molecule has 1 N–H and O–H groups in total. The predicted octanol–water partition coefficient (Wildman–Crippen LogP) is 5.00. The number of aliphatic hydroxyl groups excluding tert-OH is 1. The highest BCUT2D eigenvalue weighted by Gasteiger charge is 2.33. The van der Waals surface area contributed by atoms with Crippen molar-refractivity contribution in [3.63, 3.8) is 0 Å². The molecule has 0 amide bonds. The third-order valence-corrected chi connectivity index (χ3v) is 3.81. The van der Waals surface area contributed by atoms with Crippen LogP contribution in [0.3, 0.4) is 0 Å². The van der Waals surface area contributed by atoms with Gasteiger partial charge < -0.3 is 5.11 Å². The van der Waals surface area contributed by atoms with Crippen LogP contribution in [-0.2, 0) is 6.18 Å². The second-order valence-electron chi connectivity index (χ2n) is 4.65. The summed E-state index contributed by atoms with van der Waals surface area (Å²) in [7, 11) is 0. The van der Waals surface area contributed by atoms with Gasteiger partial charge in [-0.05, 0) is 41.8 Å². The normalized spacial score (nSPS) is 13.3. The molecule has 2 rings (SSSR count). The summed E-state index contributed by atoms with van der Waals surface area (Å²) in [5.74, 6) is -0.514. The van der Waals surface area contributed by atoms with E-state index >= 15 is 0 Å². The Hall–Kier alpha value is -1.40.